The van der Waals surface area contributed by atoms with Gasteiger partial charge in [0, 0.05) is 17.1 Å². The molecule has 8 heteroatoms. The standard InChI is InChI=1S/C14H22Cl4O4/c1-2-21-13(19)6-7-14(20)22-12(11(18)9-16)5-3-4-10(17)8-15/h10-12H,2-9H2,1H3. The topological polar surface area (TPSA) is 52.6 Å². The van der Waals surface area contributed by atoms with Crippen molar-refractivity contribution in [3.05, 3.63) is 0 Å². The molecule has 0 saturated heterocycles. The van der Waals surface area contributed by atoms with E-state index >= 15 is 0 Å². The lowest BCUT2D eigenvalue weighted by Gasteiger charge is -2.21. The summed E-state index contributed by atoms with van der Waals surface area (Å²) in [6.07, 6.45) is 1.41. The van der Waals surface area contributed by atoms with Crippen molar-refractivity contribution in [1.29, 1.82) is 0 Å². The molecule has 22 heavy (non-hydrogen) atoms. The molecule has 0 radical (unpaired) electrons. The van der Waals surface area contributed by atoms with Crippen molar-refractivity contribution in [3.8, 4) is 0 Å². The van der Waals surface area contributed by atoms with Gasteiger partial charge in [0.1, 0.15) is 6.10 Å². The van der Waals surface area contributed by atoms with Gasteiger partial charge < -0.3 is 9.47 Å². The van der Waals surface area contributed by atoms with Gasteiger partial charge >= 0.3 is 11.9 Å². The van der Waals surface area contributed by atoms with Gasteiger partial charge in [0.2, 0.25) is 0 Å². The van der Waals surface area contributed by atoms with Gasteiger partial charge in [0.05, 0.1) is 24.8 Å². The van der Waals surface area contributed by atoms with E-state index in [2.05, 4.69) is 0 Å². The number of halogens is 4. The number of esters is 2. The first-order chi connectivity index (χ1) is 10.4. The fraction of sp³-hybridized carbons (Fsp3) is 0.857. The first-order valence-corrected chi connectivity index (χ1v) is 9.13. The second-order valence-corrected chi connectivity index (χ2v) is 6.48. The SMILES string of the molecule is CCOC(=O)CCC(=O)OC(CCCC(Cl)CCl)C(Cl)CCl. The summed E-state index contributed by atoms with van der Waals surface area (Å²) in [6, 6.07) is 0. The van der Waals surface area contributed by atoms with E-state index in [-0.39, 0.29) is 30.7 Å². The Morgan fingerprint density at radius 1 is 1.00 bits per heavy atom. The number of carbonyl (C=O) groups excluding carboxylic acids is 2. The molecule has 130 valence electrons. The first kappa shape index (κ1) is 22.1. The van der Waals surface area contributed by atoms with Crippen LogP contribution in [-0.2, 0) is 19.1 Å². The highest BCUT2D eigenvalue weighted by Crippen LogP contribution is 2.19. The lowest BCUT2D eigenvalue weighted by molar-refractivity contribution is -0.153. The number of hydrogen-bond donors (Lipinski definition) is 0. The van der Waals surface area contributed by atoms with Crippen molar-refractivity contribution in [3.63, 3.8) is 0 Å². The highest BCUT2D eigenvalue weighted by atomic mass is 35.5. The van der Waals surface area contributed by atoms with Gasteiger partial charge in [-0.2, -0.15) is 0 Å². The van der Waals surface area contributed by atoms with Crippen molar-refractivity contribution in [1.82, 2.24) is 0 Å². The van der Waals surface area contributed by atoms with E-state index in [4.69, 9.17) is 55.9 Å². The Morgan fingerprint density at radius 2 is 1.64 bits per heavy atom. The number of ether oxygens (including phenoxy) is 2. The van der Waals surface area contributed by atoms with Crippen LogP contribution in [0.1, 0.15) is 39.0 Å². The Hall–Kier alpha value is 0.1000. The van der Waals surface area contributed by atoms with Gasteiger partial charge in [0.15, 0.2) is 0 Å². The van der Waals surface area contributed by atoms with E-state index in [0.29, 0.717) is 18.7 Å². The Kier molecular flexibility index (Phi) is 13.6. The fourth-order valence-corrected chi connectivity index (χ4v) is 2.38. The van der Waals surface area contributed by atoms with Crippen LogP contribution in [0.4, 0.5) is 0 Å². The van der Waals surface area contributed by atoms with Crippen LogP contribution in [0.2, 0.25) is 0 Å². The number of alkyl halides is 4. The zero-order valence-corrected chi connectivity index (χ0v) is 15.6. The lowest BCUT2D eigenvalue weighted by atomic mass is 10.1. The molecule has 0 heterocycles. The summed E-state index contributed by atoms with van der Waals surface area (Å²) in [5.41, 5.74) is 0. The van der Waals surface area contributed by atoms with Crippen LogP contribution < -0.4 is 0 Å². The van der Waals surface area contributed by atoms with Crippen LogP contribution in [0, 0.1) is 0 Å². The van der Waals surface area contributed by atoms with E-state index in [1.54, 1.807) is 6.92 Å². The molecule has 4 nitrogen and oxygen atoms in total. The highest BCUT2D eigenvalue weighted by Gasteiger charge is 2.23. The molecule has 3 atom stereocenters. The minimum atomic E-state index is -0.506. The van der Waals surface area contributed by atoms with Gasteiger partial charge in [-0.3, -0.25) is 9.59 Å². The molecule has 0 aliphatic carbocycles. The molecule has 0 aromatic rings. The second-order valence-electron chi connectivity index (χ2n) is 4.69. The van der Waals surface area contributed by atoms with Crippen LogP contribution in [0.15, 0.2) is 0 Å². The van der Waals surface area contributed by atoms with Gasteiger partial charge in [-0.05, 0) is 26.2 Å². The maximum absolute atomic E-state index is 11.8. The smallest absolute Gasteiger partial charge is 0.306 e. The van der Waals surface area contributed by atoms with Crippen molar-refractivity contribution < 1.29 is 19.1 Å². The quantitative estimate of drug-likeness (QED) is 0.368. The second kappa shape index (κ2) is 13.5. The summed E-state index contributed by atoms with van der Waals surface area (Å²) in [6.45, 7) is 1.99. The third kappa shape index (κ3) is 10.8. The summed E-state index contributed by atoms with van der Waals surface area (Å²) in [4.78, 5) is 23.0. The minimum Gasteiger partial charge on any atom is -0.466 e. The summed E-state index contributed by atoms with van der Waals surface area (Å²) in [7, 11) is 0. The summed E-state index contributed by atoms with van der Waals surface area (Å²) in [5.74, 6) is -0.390. The zero-order chi connectivity index (χ0) is 17.0. The minimum absolute atomic E-state index is 0.0107. The predicted octanol–water partition coefficient (Wildman–Crippen LogP) is 4.10. The highest BCUT2D eigenvalue weighted by molar-refractivity contribution is 6.28. The Morgan fingerprint density at radius 3 is 2.18 bits per heavy atom. The van der Waals surface area contributed by atoms with E-state index in [9.17, 15) is 9.59 Å². The average Bonchev–Trinajstić information content (AvgIpc) is 2.51. The molecule has 0 aromatic carbocycles. The number of rotatable bonds is 12. The maximum atomic E-state index is 11.8. The molecule has 3 unspecified atom stereocenters. The molecule has 0 aromatic heterocycles. The average molecular weight is 396 g/mol. The fourth-order valence-electron chi connectivity index (χ4n) is 1.70. The molecule has 0 fully saturated rings. The van der Waals surface area contributed by atoms with Crippen molar-refractivity contribution in [2.75, 3.05) is 18.4 Å². The number of hydrogen-bond acceptors (Lipinski definition) is 4. The van der Waals surface area contributed by atoms with Crippen LogP contribution in [0.5, 0.6) is 0 Å². The van der Waals surface area contributed by atoms with Crippen molar-refractivity contribution in [2.24, 2.45) is 0 Å². The molecule has 0 rings (SSSR count). The normalized spacial score (nSPS) is 15.0. The lowest BCUT2D eigenvalue weighted by Crippen LogP contribution is -2.29. The predicted molar refractivity (Wildman–Crippen MR) is 90.3 cm³/mol. The molecule has 0 bridgehead atoms. The largest absolute Gasteiger partial charge is 0.466 e. The van der Waals surface area contributed by atoms with E-state index < -0.39 is 23.4 Å². The van der Waals surface area contributed by atoms with Crippen molar-refractivity contribution >= 4 is 58.3 Å². The third-order valence-corrected chi connectivity index (χ3v) is 4.67. The van der Waals surface area contributed by atoms with Gasteiger partial charge in [0.25, 0.3) is 0 Å². The van der Waals surface area contributed by atoms with Crippen LogP contribution in [0.25, 0.3) is 0 Å². The third-order valence-electron chi connectivity index (χ3n) is 2.85. The Balaban J connectivity index is 4.22. The molecule has 0 amide bonds. The molecular formula is C14H22Cl4O4. The van der Waals surface area contributed by atoms with Crippen molar-refractivity contribution in [2.45, 2.75) is 55.9 Å². The van der Waals surface area contributed by atoms with Gasteiger partial charge in [-0.25, -0.2) is 0 Å². The van der Waals surface area contributed by atoms with Crippen LogP contribution >= 0.6 is 46.4 Å². The zero-order valence-electron chi connectivity index (χ0n) is 12.5. The van der Waals surface area contributed by atoms with E-state index in [1.807, 2.05) is 0 Å². The molecule has 0 saturated carbocycles. The molecule has 0 aliphatic heterocycles. The summed E-state index contributed by atoms with van der Waals surface area (Å²) < 4.78 is 10.1. The van der Waals surface area contributed by atoms with Crippen LogP contribution in [0.3, 0.4) is 0 Å². The Bertz CT molecular complexity index is 328. The molecule has 0 spiro atoms. The number of carbonyl (C=O) groups is 2. The van der Waals surface area contributed by atoms with E-state index in [0.717, 1.165) is 6.42 Å². The van der Waals surface area contributed by atoms with Gasteiger partial charge in [-0.1, -0.05) is 0 Å². The van der Waals surface area contributed by atoms with Gasteiger partial charge in [-0.15, -0.1) is 46.4 Å². The first-order valence-electron chi connectivity index (χ1n) is 7.19. The van der Waals surface area contributed by atoms with E-state index in [1.165, 1.54) is 0 Å². The Labute approximate surface area is 151 Å². The summed E-state index contributed by atoms with van der Waals surface area (Å²) >= 11 is 23.4. The molecule has 0 aliphatic rings. The summed E-state index contributed by atoms with van der Waals surface area (Å²) in [5, 5.41) is -0.607. The molecule has 0 N–H and O–H groups in total. The molecular weight excluding hydrogens is 374 g/mol. The maximum Gasteiger partial charge on any atom is 0.306 e. The monoisotopic (exact) mass is 394 g/mol. The van der Waals surface area contributed by atoms with Crippen LogP contribution in [-0.4, -0.2) is 47.2 Å².